The largest absolute Gasteiger partial charge is 0.332 e. The summed E-state index contributed by atoms with van der Waals surface area (Å²) in [4.78, 5) is 33.3. The van der Waals surface area contributed by atoms with E-state index >= 15 is 0 Å². The molecule has 2 aromatic carbocycles. The maximum atomic E-state index is 13.4. The predicted octanol–water partition coefficient (Wildman–Crippen LogP) is 3.46. The highest BCUT2D eigenvalue weighted by atomic mass is 16.2. The van der Waals surface area contributed by atoms with E-state index in [1.54, 1.807) is 7.05 Å². The number of benzene rings is 2. The molecule has 1 aliphatic heterocycles. The summed E-state index contributed by atoms with van der Waals surface area (Å²) in [6.07, 6.45) is 4.65. The number of hydrogen-bond acceptors (Lipinski definition) is 4. The second-order valence-electron chi connectivity index (χ2n) is 8.10. The standard InChI is InChI=1S/C25H25N5O2/c1-18-10-6-7-14-20(18)28-16-9-17-29-21-22(26-24(28)29)27(2)25(32)30(23(21)31)15-8-13-19-11-4-3-5-12-19/h3-8,10-14H,9,15-17H2,1-2H3. The molecule has 3 heterocycles. The number of hydrogen-bond donors (Lipinski definition) is 0. The van der Waals surface area contributed by atoms with Gasteiger partial charge in [-0.2, -0.15) is 4.98 Å². The Balaban J connectivity index is 1.62. The summed E-state index contributed by atoms with van der Waals surface area (Å²) >= 11 is 0. The van der Waals surface area contributed by atoms with Gasteiger partial charge in [0.15, 0.2) is 11.2 Å². The van der Waals surface area contributed by atoms with Crippen LogP contribution in [0.2, 0.25) is 0 Å². The molecule has 0 atom stereocenters. The van der Waals surface area contributed by atoms with Gasteiger partial charge in [0.05, 0.1) is 0 Å². The Morgan fingerprint density at radius 1 is 1.00 bits per heavy atom. The van der Waals surface area contributed by atoms with Crippen LogP contribution in [0, 0.1) is 6.92 Å². The van der Waals surface area contributed by atoms with Crippen molar-refractivity contribution in [3.05, 3.63) is 92.6 Å². The molecule has 5 rings (SSSR count). The van der Waals surface area contributed by atoms with E-state index in [0.717, 1.165) is 29.8 Å². The first-order valence-electron chi connectivity index (χ1n) is 10.8. The molecule has 0 unspecified atom stereocenters. The van der Waals surface area contributed by atoms with Crippen LogP contribution in [0.3, 0.4) is 0 Å². The van der Waals surface area contributed by atoms with Gasteiger partial charge in [-0.3, -0.25) is 13.9 Å². The lowest BCUT2D eigenvalue weighted by Gasteiger charge is -2.30. The van der Waals surface area contributed by atoms with E-state index in [2.05, 4.69) is 24.0 Å². The molecular formula is C25H25N5O2. The average Bonchev–Trinajstić information content (AvgIpc) is 3.21. The van der Waals surface area contributed by atoms with Gasteiger partial charge in [-0.1, -0.05) is 60.7 Å². The van der Waals surface area contributed by atoms with Gasteiger partial charge in [0, 0.05) is 32.4 Å². The second kappa shape index (κ2) is 8.00. The van der Waals surface area contributed by atoms with E-state index in [1.807, 2.05) is 59.2 Å². The van der Waals surface area contributed by atoms with E-state index < -0.39 is 0 Å². The molecule has 1 aliphatic rings. The maximum Gasteiger partial charge on any atom is 0.332 e. The summed E-state index contributed by atoms with van der Waals surface area (Å²) in [5, 5.41) is 0. The van der Waals surface area contributed by atoms with Crippen LogP contribution in [-0.4, -0.2) is 25.2 Å². The third kappa shape index (κ3) is 3.26. The number of fused-ring (bicyclic) bond motifs is 3. The average molecular weight is 428 g/mol. The number of anilines is 2. The van der Waals surface area contributed by atoms with Crippen LogP contribution in [0.1, 0.15) is 17.5 Å². The summed E-state index contributed by atoms with van der Waals surface area (Å²) < 4.78 is 4.72. The Hall–Kier alpha value is -3.87. The van der Waals surface area contributed by atoms with Crippen molar-refractivity contribution in [1.29, 1.82) is 0 Å². The zero-order valence-corrected chi connectivity index (χ0v) is 18.2. The van der Waals surface area contributed by atoms with E-state index in [1.165, 1.54) is 9.13 Å². The number of aryl methyl sites for hydroxylation is 3. The fourth-order valence-electron chi connectivity index (χ4n) is 4.38. The second-order valence-corrected chi connectivity index (χ2v) is 8.10. The summed E-state index contributed by atoms with van der Waals surface area (Å²) in [5.74, 6) is 0.713. The Kier molecular flexibility index (Phi) is 5.01. The molecule has 0 aliphatic carbocycles. The highest BCUT2D eigenvalue weighted by molar-refractivity contribution is 5.77. The van der Waals surface area contributed by atoms with Crippen molar-refractivity contribution in [2.45, 2.75) is 26.4 Å². The quantitative estimate of drug-likeness (QED) is 0.500. The fraction of sp³-hybridized carbons (Fsp3) is 0.240. The van der Waals surface area contributed by atoms with Crippen molar-refractivity contribution in [2.24, 2.45) is 7.05 Å². The highest BCUT2D eigenvalue weighted by Gasteiger charge is 2.27. The van der Waals surface area contributed by atoms with Crippen LogP contribution in [0.15, 0.2) is 70.3 Å². The van der Waals surface area contributed by atoms with Crippen molar-refractivity contribution in [2.75, 3.05) is 11.4 Å². The van der Waals surface area contributed by atoms with Crippen LogP contribution in [0.5, 0.6) is 0 Å². The molecule has 32 heavy (non-hydrogen) atoms. The van der Waals surface area contributed by atoms with E-state index in [9.17, 15) is 9.59 Å². The monoisotopic (exact) mass is 427 g/mol. The Labute approximate surface area is 185 Å². The van der Waals surface area contributed by atoms with Gasteiger partial charge in [0.2, 0.25) is 5.95 Å². The molecular weight excluding hydrogens is 402 g/mol. The van der Waals surface area contributed by atoms with E-state index in [0.29, 0.717) is 23.7 Å². The summed E-state index contributed by atoms with van der Waals surface area (Å²) in [7, 11) is 1.68. The fourth-order valence-corrected chi connectivity index (χ4v) is 4.38. The van der Waals surface area contributed by atoms with Gasteiger partial charge in [-0.05, 0) is 30.5 Å². The normalized spacial score (nSPS) is 13.8. The molecule has 0 N–H and O–H groups in total. The van der Waals surface area contributed by atoms with Gasteiger partial charge in [0.1, 0.15) is 0 Å². The van der Waals surface area contributed by atoms with E-state index in [-0.39, 0.29) is 17.8 Å². The van der Waals surface area contributed by atoms with Crippen molar-refractivity contribution < 1.29 is 0 Å². The summed E-state index contributed by atoms with van der Waals surface area (Å²) in [5.41, 5.74) is 3.48. The number of para-hydroxylation sites is 1. The lowest BCUT2D eigenvalue weighted by molar-refractivity contribution is 0.598. The zero-order chi connectivity index (χ0) is 22.2. The third-order valence-electron chi connectivity index (χ3n) is 6.02. The molecule has 0 saturated carbocycles. The van der Waals surface area contributed by atoms with Crippen LogP contribution >= 0.6 is 0 Å². The SMILES string of the molecule is Cc1ccccc1N1CCCn2c1nc1c2c(=O)n(CC=Cc2ccccc2)c(=O)n1C. The Morgan fingerprint density at radius 2 is 1.75 bits per heavy atom. The van der Waals surface area contributed by atoms with E-state index in [4.69, 9.17) is 4.98 Å². The zero-order valence-electron chi connectivity index (χ0n) is 18.2. The van der Waals surface area contributed by atoms with Gasteiger partial charge >= 0.3 is 5.69 Å². The first-order chi connectivity index (χ1) is 15.6. The number of imidazole rings is 1. The van der Waals surface area contributed by atoms with Crippen LogP contribution in [0.25, 0.3) is 17.2 Å². The van der Waals surface area contributed by atoms with Gasteiger partial charge in [-0.25, -0.2) is 4.79 Å². The molecule has 0 saturated heterocycles. The maximum absolute atomic E-state index is 13.4. The number of aromatic nitrogens is 4. The smallest absolute Gasteiger partial charge is 0.312 e. The molecule has 162 valence electrons. The van der Waals surface area contributed by atoms with Crippen molar-refractivity contribution >= 4 is 28.9 Å². The minimum atomic E-state index is -0.363. The highest BCUT2D eigenvalue weighted by Crippen LogP contribution is 2.32. The Morgan fingerprint density at radius 3 is 2.53 bits per heavy atom. The first kappa shape index (κ1) is 20.1. The number of rotatable bonds is 4. The van der Waals surface area contributed by atoms with Gasteiger partial charge in [0.25, 0.3) is 5.56 Å². The molecule has 0 amide bonds. The van der Waals surface area contributed by atoms with Crippen LogP contribution in [-0.2, 0) is 20.1 Å². The molecule has 0 bridgehead atoms. The van der Waals surface area contributed by atoms with Crippen molar-refractivity contribution in [1.82, 2.24) is 18.7 Å². The molecule has 0 radical (unpaired) electrons. The van der Waals surface area contributed by atoms with Crippen LogP contribution < -0.4 is 16.1 Å². The third-order valence-corrected chi connectivity index (χ3v) is 6.02. The van der Waals surface area contributed by atoms with Gasteiger partial charge in [-0.15, -0.1) is 0 Å². The summed E-state index contributed by atoms with van der Waals surface area (Å²) in [6.45, 7) is 3.79. The minimum absolute atomic E-state index is 0.207. The molecule has 2 aromatic heterocycles. The van der Waals surface area contributed by atoms with Crippen molar-refractivity contribution in [3.8, 4) is 0 Å². The Bertz CT molecular complexity index is 1440. The molecule has 7 heteroatoms. The lowest BCUT2D eigenvalue weighted by Crippen LogP contribution is -2.39. The number of nitrogens with zero attached hydrogens (tertiary/aromatic N) is 5. The predicted molar refractivity (Wildman–Crippen MR) is 128 cm³/mol. The minimum Gasteiger partial charge on any atom is -0.312 e. The molecule has 7 nitrogen and oxygen atoms in total. The topological polar surface area (TPSA) is 65.1 Å². The van der Waals surface area contributed by atoms with Crippen LogP contribution in [0.4, 0.5) is 11.6 Å². The molecule has 0 fully saturated rings. The molecule has 0 spiro atoms. The first-order valence-corrected chi connectivity index (χ1v) is 10.8. The lowest BCUT2D eigenvalue weighted by atomic mass is 10.1. The number of allylic oxidation sites excluding steroid dienone is 1. The summed E-state index contributed by atoms with van der Waals surface area (Å²) in [6, 6.07) is 18.0. The van der Waals surface area contributed by atoms with Gasteiger partial charge < -0.3 is 9.47 Å². The molecule has 4 aromatic rings. The van der Waals surface area contributed by atoms with Crippen molar-refractivity contribution in [3.63, 3.8) is 0 Å².